The van der Waals surface area contributed by atoms with E-state index >= 15 is 0 Å². The summed E-state index contributed by atoms with van der Waals surface area (Å²) in [6.45, 7) is 6.96. The minimum absolute atomic E-state index is 0.0465. The van der Waals surface area contributed by atoms with E-state index in [0.29, 0.717) is 26.1 Å². The van der Waals surface area contributed by atoms with Crippen LogP contribution in [0.1, 0.15) is 26.7 Å². The Hall–Kier alpha value is -0.700. The number of rotatable bonds is 4. The zero-order chi connectivity index (χ0) is 15.6. The summed E-state index contributed by atoms with van der Waals surface area (Å²) in [5.41, 5.74) is 0. The number of hydrogen-bond acceptors (Lipinski definition) is 4. The lowest BCUT2D eigenvalue weighted by atomic mass is 10.2. The SMILES string of the molecule is CC(C)N(C)S(=O)(=O)N1CCCC1C(=O)N1CCNCC1. The highest BCUT2D eigenvalue weighted by Gasteiger charge is 2.42. The zero-order valence-electron chi connectivity index (χ0n) is 13.1. The van der Waals surface area contributed by atoms with E-state index in [1.807, 2.05) is 13.8 Å². The Labute approximate surface area is 127 Å². The maximum Gasteiger partial charge on any atom is 0.282 e. The van der Waals surface area contributed by atoms with Gasteiger partial charge in [0.15, 0.2) is 0 Å². The van der Waals surface area contributed by atoms with Gasteiger partial charge in [0.25, 0.3) is 10.2 Å². The molecule has 2 rings (SSSR count). The molecule has 122 valence electrons. The highest BCUT2D eigenvalue weighted by atomic mass is 32.2. The smallest absolute Gasteiger partial charge is 0.282 e. The molecule has 0 saturated carbocycles. The summed E-state index contributed by atoms with van der Waals surface area (Å²) in [5, 5.41) is 3.20. The van der Waals surface area contributed by atoms with Crippen LogP contribution in [0, 0.1) is 0 Å². The second kappa shape index (κ2) is 6.60. The van der Waals surface area contributed by atoms with Crippen molar-refractivity contribution in [3.05, 3.63) is 0 Å². The topological polar surface area (TPSA) is 73.0 Å². The summed E-state index contributed by atoms with van der Waals surface area (Å²) < 4.78 is 28.0. The summed E-state index contributed by atoms with van der Waals surface area (Å²) in [6, 6.07) is -0.653. The van der Waals surface area contributed by atoms with Gasteiger partial charge in [-0.2, -0.15) is 17.0 Å². The third kappa shape index (κ3) is 3.39. The maximum atomic E-state index is 12.6. The first kappa shape index (κ1) is 16.7. The number of nitrogens with one attached hydrogen (secondary N) is 1. The van der Waals surface area contributed by atoms with Crippen molar-refractivity contribution < 1.29 is 13.2 Å². The van der Waals surface area contributed by atoms with E-state index in [1.165, 1.54) is 8.61 Å². The molecule has 0 bridgehead atoms. The molecule has 2 aliphatic rings. The molecular weight excluding hydrogens is 292 g/mol. The van der Waals surface area contributed by atoms with Crippen LogP contribution in [0.2, 0.25) is 0 Å². The number of carbonyl (C=O) groups excluding carboxylic acids is 1. The van der Waals surface area contributed by atoms with Gasteiger partial charge in [0, 0.05) is 45.8 Å². The molecule has 0 aromatic rings. The zero-order valence-corrected chi connectivity index (χ0v) is 13.9. The minimum atomic E-state index is -3.57. The van der Waals surface area contributed by atoms with Gasteiger partial charge in [-0.05, 0) is 26.7 Å². The van der Waals surface area contributed by atoms with E-state index in [9.17, 15) is 13.2 Å². The van der Waals surface area contributed by atoms with E-state index in [-0.39, 0.29) is 11.9 Å². The molecule has 2 aliphatic heterocycles. The van der Waals surface area contributed by atoms with E-state index in [2.05, 4.69) is 5.32 Å². The Morgan fingerprint density at radius 3 is 2.43 bits per heavy atom. The Bertz CT molecular complexity index is 474. The van der Waals surface area contributed by atoms with Crippen LogP contribution in [0.25, 0.3) is 0 Å². The summed E-state index contributed by atoms with van der Waals surface area (Å²) in [4.78, 5) is 14.4. The quantitative estimate of drug-likeness (QED) is 0.756. The first-order valence-electron chi connectivity index (χ1n) is 7.60. The van der Waals surface area contributed by atoms with Crippen LogP contribution in [0.15, 0.2) is 0 Å². The van der Waals surface area contributed by atoms with Crippen molar-refractivity contribution in [1.29, 1.82) is 0 Å². The summed E-state index contributed by atoms with van der Waals surface area (Å²) >= 11 is 0. The fraction of sp³-hybridized carbons (Fsp3) is 0.923. The molecule has 0 spiro atoms. The first-order valence-corrected chi connectivity index (χ1v) is 8.99. The third-order valence-corrected chi connectivity index (χ3v) is 6.48. The molecule has 1 N–H and O–H groups in total. The van der Waals surface area contributed by atoms with Gasteiger partial charge in [-0.25, -0.2) is 0 Å². The maximum absolute atomic E-state index is 12.6. The highest BCUT2D eigenvalue weighted by molar-refractivity contribution is 7.86. The molecule has 7 nitrogen and oxygen atoms in total. The number of carbonyl (C=O) groups is 1. The van der Waals surface area contributed by atoms with Crippen LogP contribution in [-0.4, -0.2) is 79.7 Å². The molecule has 8 heteroatoms. The van der Waals surface area contributed by atoms with Crippen molar-refractivity contribution in [2.75, 3.05) is 39.8 Å². The van der Waals surface area contributed by atoms with Crippen molar-refractivity contribution in [3.8, 4) is 0 Å². The Balaban J connectivity index is 2.14. The van der Waals surface area contributed by atoms with Crippen molar-refractivity contribution in [2.24, 2.45) is 0 Å². The van der Waals surface area contributed by atoms with Crippen molar-refractivity contribution in [1.82, 2.24) is 18.8 Å². The molecular formula is C13H26N4O3S. The highest BCUT2D eigenvalue weighted by Crippen LogP contribution is 2.25. The van der Waals surface area contributed by atoms with Gasteiger partial charge in [-0.1, -0.05) is 0 Å². The molecule has 0 radical (unpaired) electrons. The summed E-state index contributed by atoms with van der Waals surface area (Å²) in [6.07, 6.45) is 1.36. The van der Waals surface area contributed by atoms with Gasteiger partial charge < -0.3 is 10.2 Å². The van der Waals surface area contributed by atoms with Crippen LogP contribution in [-0.2, 0) is 15.0 Å². The Kier molecular flexibility index (Phi) is 5.24. The minimum Gasteiger partial charge on any atom is -0.339 e. The normalized spacial score (nSPS) is 25.0. The van der Waals surface area contributed by atoms with Gasteiger partial charge in [0.05, 0.1) is 0 Å². The molecule has 0 aromatic carbocycles. The van der Waals surface area contributed by atoms with Crippen LogP contribution < -0.4 is 5.32 Å². The molecule has 2 saturated heterocycles. The fourth-order valence-electron chi connectivity index (χ4n) is 2.79. The number of nitrogens with zero attached hydrogens (tertiary/aromatic N) is 3. The van der Waals surface area contributed by atoms with Crippen LogP contribution >= 0.6 is 0 Å². The fourth-order valence-corrected chi connectivity index (χ4v) is 4.53. The molecule has 2 fully saturated rings. The van der Waals surface area contributed by atoms with Crippen LogP contribution in [0.3, 0.4) is 0 Å². The van der Waals surface area contributed by atoms with E-state index in [4.69, 9.17) is 0 Å². The van der Waals surface area contributed by atoms with E-state index < -0.39 is 16.3 Å². The van der Waals surface area contributed by atoms with Crippen molar-refractivity contribution in [2.45, 2.75) is 38.8 Å². The van der Waals surface area contributed by atoms with Crippen LogP contribution in [0.5, 0.6) is 0 Å². The molecule has 0 aromatic heterocycles. The Morgan fingerprint density at radius 2 is 1.86 bits per heavy atom. The Morgan fingerprint density at radius 1 is 1.24 bits per heavy atom. The first-order chi connectivity index (χ1) is 9.85. The predicted octanol–water partition coefficient (Wildman–Crippen LogP) is -0.532. The third-order valence-electron chi connectivity index (χ3n) is 4.30. The lowest BCUT2D eigenvalue weighted by Crippen LogP contribution is -2.55. The average molecular weight is 318 g/mol. The van der Waals surface area contributed by atoms with Crippen molar-refractivity contribution >= 4 is 16.1 Å². The second-order valence-electron chi connectivity index (χ2n) is 5.96. The van der Waals surface area contributed by atoms with Gasteiger partial charge in [-0.3, -0.25) is 4.79 Å². The standard InChI is InChI=1S/C13H26N4O3S/c1-11(2)15(3)21(19,20)17-8-4-5-12(17)13(18)16-9-6-14-7-10-16/h11-12,14H,4-10H2,1-3H3. The molecule has 1 amide bonds. The molecule has 2 heterocycles. The largest absolute Gasteiger partial charge is 0.339 e. The lowest BCUT2D eigenvalue weighted by Gasteiger charge is -2.34. The molecule has 1 atom stereocenters. The van der Waals surface area contributed by atoms with Gasteiger partial charge in [-0.15, -0.1) is 0 Å². The second-order valence-corrected chi connectivity index (χ2v) is 7.90. The summed E-state index contributed by atoms with van der Waals surface area (Å²) in [5.74, 6) is -0.0465. The molecule has 0 aliphatic carbocycles. The number of piperazine rings is 1. The lowest BCUT2D eigenvalue weighted by molar-refractivity contribution is -0.135. The monoisotopic (exact) mass is 318 g/mol. The average Bonchev–Trinajstić information content (AvgIpc) is 2.96. The molecule has 1 unspecified atom stereocenters. The van der Waals surface area contributed by atoms with Crippen LogP contribution in [0.4, 0.5) is 0 Å². The predicted molar refractivity (Wildman–Crippen MR) is 81.0 cm³/mol. The van der Waals surface area contributed by atoms with Gasteiger partial charge in [0.2, 0.25) is 5.91 Å². The van der Waals surface area contributed by atoms with E-state index in [1.54, 1.807) is 11.9 Å². The van der Waals surface area contributed by atoms with Gasteiger partial charge in [0.1, 0.15) is 6.04 Å². The van der Waals surface area contributed by atoms with Crippen molar-refractivity contribution in [3.63, 3.8) is 0 Å². The van der Waals surface area contributed by atoms with E-state index in [0.717, 1.165) is 19.5 Å². The van der Waals surface area contributed by atoms with Gasteiger partial charge >= 0.3 is 0 Å². The number of amides is 1. The summed E-state index contributed by atoms with van der Waals surface area (Å²) in [7, 11) is -1.99. The molecule has 21 heavy (non-hydrogen) atoms. The number of hydrogen-bond donors (Lipinski definition) is 1.